The van der Waals surface area contributed by atoms with Gasteiger partial charge in [0.2, 0.25) is 0 Å². The van der Waals surface area contributed by atoms with Crippen LogP contribution in [0.2, 0.25) is 0 Å². The molecular weight excluding hydrogens is 322 g/mol. The molecule has 2 aromatic carbocycles. The van der Waals surface area contributed by atoms with E-state index in [1.54, 1.807) is 12.2 Å². The third kappa shape index (κ3) is 5.12. The van der Waals surface area contributed by atoms with Gasteiger partial charge in [0.15, 0.2) is 0 Å². The second-order valence-corrected chi connectivity index (χ2v) is 5.61. The number of nitrogens with zero attached hydrogens (tertiary/aromatic N) is 1. The fourth-order valence-electron chi connectivity index (χ4n) is 2.49. The van der Waals surface area contributed by atoms with E-state index in [2.05, 4.69) is 32.2 Å². The Bertz CT molecular complexity index is 826. The molecule has 2 rings (SSSR count). The maximum Gasteiger partial charge on any atom is 0.122 e. The van der Waals surface area contributed by atoms with Gasteiger partial charge in [0, 0.05) is 0 Å². The molecule has 26 heavy (non-hydrogen) atoms. The van der Waals surface area contributed by atoms with Crippen LogP contribution in [-0.4, -0.2) is 13.2 Å². The van der Waals surface area contributed by atoms with Crippen molar-refractivity contribution in [2.75, 3.05) is 13.2 Å². The Hall–Kier alpha value is -3.25. The van der Waals surface area contributed by atoms with Crippen LogP contribution in [0.5, 0.6) is 11.5 Å². The first-order chi connectivity index (χ1) is 12.7. The van der Waals surface area contributed by atoms with E-state index >= 15 is 0 Å². The van der Waals surface area contributed by atoms with Crippen molar-refractivity contribution in [3.05, 3.63) is 84.5 Å². The van der Waals surface area contributed by atoms with E-state index < -0.39 is 0 Å². The average molecular weight is 345 g/mol. The summed E-state index contributed by atoms with van der Waals surface area (Å²) in [7, 11) is 0. The fourth-order valence-corrected chi connectivity index (χ4v) is 2.49. The van der Waals surface area contributed by atoms with Gasteiger partial charge in [-0.05, 0) is 65.6 Å². The van der Waals surface area contributed by atoms with E-state index in [1.165, 1.54) is 0 Å². The molecule has 3 heteroatoms. The molecule has 0 aliphatic heterocycles. The zero-order chi connectivity index (χ0) is 18.8. The molecule has 0 saturated carbocycles. The number of hydrogen-bond donors (Lipinski definition) is 0. The molecule has 2 aromatic rings. The molecule has 0 radical (unpaired) electrons. The second kappa shape index (κ2) is 9.90. The predicted molar refractivity (Wildman–Crippen MR) is 107 cm³/mol. The summed E-state index contributed by atoms with van der Waals surface area (Å²) < 4.78 is 11.1. The van der Waals surface area contributed by atoms with Gasteiger partial charge in [-0.2, -0.15) is 5.26 Å². The summed E-state index contributed by atoms with van der Waals surface area (Å²) in [4.78, 5) is 0. The lowest BCUT2D eigenvalue weighted by molar-refractivity contribution is 0.359. The van der Waals surface area contributed by atoms with Crippen LogP contribution >= 0.6 is 0 Å². The minimum atomic E-state index is 0.459. The summed E-state index contributed by atoms with van der Waals surface area (Å²) in [6, 6.07) is 15.7. The molecule has 0 N–H and O–H groups in total. The first-order valence-corrected chi connectivity index (χ1v) is 8.54. The summed E-state index contributed by atoms with van der Waals surface area (Å²) in [6.45, 7) is 10.3. The maximum atomic E-state index is 9.55. The average Bonchev–Trinajstić information content (AvgIpc) is 2.69. The highest BCUT2D eigenvalue weighted by Gasteiger charge is 2.05. The van der Waals surface area contributed by atoms with Crippen molar-refractivity contribution in [1.82, 2.24) is 0 Å². The van der Waals surface area contributed by atoms with Crippen molar-refractivity contribution in [2.24, 2.45) is 0 Å². The van der Waals surface area contributed by atoms with Gasteiger partial charge in [-0.1, -0.05) is 38.3 Å². The molecule has 0 atom stereocenters. The monoisotopic (exact) mass is 345 g/mol. The van der Waals surface area contributed by atoms with E-state index in [0.717, 1.165) is 34.6 Å². The molecule has 0 aliphatic rings. The Morgan fingerprint density at radius 3 is 2.35 bits per heavy atom. The number of benzene rings is 2. The maximum absolute atomic E-state index is 9.55. The van der Waals surface area contributed by atoms with Gasteiger partial charge in [0.1, 0.15) is 24.7 Å². The molecule has 132 valence electrons. The molecule has 0 saturated heterocycles. The van der Waals surface area contributed by atoms with Crippen LogP contribution in [0.25, 0.3) is 11.6 Å². The predicted octanol–water partition coefficient (Wildman–Crippen LogP) is 5.44. The number of ether oxygens (including phenoxy) is 2. The number of rotatable bonds is 9. The second-order valence-electron chi connectivity index (χ2n) is 5.61. The van der Waals surface area contributed by atoms with Crippen molar-refractivity contribution < 1.29 is 9.47 Å². The highest BCUT2D eigenvalue weighted by Crippen LogP contribution is 2.25. The van der Waals surface area contributed by atoms with Crippen molar-refractivity contribution in [2.45, 2.75) is 13.3 Å². The lowest BCUT2D eigenvalue weighted by atomic mass is 10.0. The first kappa shape index (κ1) is 19.1. The summed E-state index contributed by atoms with van der Waals surface area (Å²) in [5.41, 5.74) is 3.52. The summed E-state index contributed by atoms with van der Waals surface area (Å²) in [5.74, 6) is 1.61. The van der Waals surface area contributed by atoms with Crippen LogP contribution < -0.4 is 9.47 Å². The molecule has 0 heterocycles. The zero-order valence-corrected chi connectivity index (χ0v) is 15.1. The van der Waals surface area contributed by atoms with E-state index in [4.69, 9.17) is 9.47 Å². The van der Waals surface area contributed by atoms with Crippen LogP contribution in [0.3, 0.4) is 0 Å². The van der Waals surface area contributed by atoms with Gasteiger partial charge in [-0.25, -0.2) is 0 Å². The van der Waals surface area contributed by atoms with Gasteiger partial charge in [0.05, 0.1) is 11.6 Å². The van der Waals surface area contributed by atoms with E-state index in [0.29, 0.717) is 18.8 Å². The van der Waals surface area contributed by atoms with Crippen LogP contribution in [0, 0.1) is 11.3 Å². The number of aryl methyl sites for hydroxylation is 1. The topological polar surface area (TPSA) is 42.2 Å². The Morgan fingerprint density at radius 1 is 1.04 bits per heavy atom. The van der Waals surface area contributed by atoms with E-state index in [9.17, 15) is 5.26 Å². The molecule has 0 spiro atoms. The Balaban J connectivity index is 2.26. The smallest absolute Gasteiger partial charge is 0.122 e. The number of nitriles is 1. The highest BCUT2D eigenvalue weighted by molar-refractivity contribution is 5.89. The zero-order valence-electron chi connectivity index (χ0n) is 15.1. The number of allylic oxidation sites excluding steroid dienone is 1. The van der Waals surface area contributed by atoms with Crippen molar-refractivity contribution >= 4 is 11.6 Å². The van der Waals surface area contributed by atoms with E-state index in [-0.39, 0.29) is 0 Å². The van der Waals surface area contributed by atoms with Crippen LogP contribution in [-0.2, 0) is 6.42 Å². The lowest BCUT2D eigenvalue weighted by Gasteiger charge is -2.10. The fraction of sp³-hybridized carbons (Fsp3) is 0.174. The molecule has 0 bridgehead atoms. The van der Waals surface area contributed by atoms with Crippen LogP contribution in [0.1, 0.15) is 23.6 Å². The quantitative estimate of drug-likeness (QED) is 0.345. The molecular formula is C23H23NO2. The van der Waals surface area contributed by atoms with Gasteiger partial charge in [-0.3, -0.25) is 0 Å². The summed E-state index contributed by atoms with van der Waals surface area (Å²) in [5, 5.41) is 9.55. The minimum absolute atomic E-state index is 0.459. The van der Waals surface area contributed by atoms with Gasteiger partial charge < -0.3 is 9.47 Å². The Morgan fingerprint density at radius 2 is 1.73 bits per heavy atom. The van der Waals surface area contributed by atoms with Gasteiger partial charge in [-0.15, -0.1) is 0 Å². The molecule has 3 nitrogen and oxygen atoms in total. The van der Waals surface area contributed by atoms with Crippen molar-refractivity contribution in [3.63, 3.8) is 0 Å². The van der Waals surface area contributed by atoms with Crippen LogP contribution in [0.15, 0.2) is 67.8 Å². The largest absolute Gasteiger partial charge is 0.490 e. The third-order valence-corrected chi connectivity index (χ3v) is 3.79. The Kier molecular flexibility index (Phi) is 7.27. The highest BCUT2D eigenvalue weighted by atomic mass is 16.5. The number of hydrogen-bond acceptors (Lipinski definition) is 3. The lowest BCUT2D eigenvalue weighted by Crippen LogP contribution is -1.97. The van der Waals surface area contributed by atoms with Crippen molar-refractivity contribution in [1.29, 1.82) is 5.26 Å². The molecule has 0 aromatic heterocycles. The summed E-state index contributed by atoms with van der Waals surface area (Å²) >= 11 is 0. The summed E-state index contributed by atoms with van der Waals surface area (Å²) in [6.07, 6.45) is 6.16. The van der Waals surface area contributed by atoms with E-state index in [1.807, 2.05) is 42.5 Å². The normalized spacial score (nSPS) is 10.7. The standard InChI is InChI=1S/C23H23NO2/c1-4-13-25-22-10-8-20(9-11-22)21(17-24)16-18-7-12-23(26-14-5-2)19(6-3)15-18/h4-5,7-12,15-16H,1-2,6,13-14H2,3H3/b21-16+. The minimum Gasteiger partial charge on any atom is -0.490 e. The third-order valence-electron chi connectivity index (χ3n) is 3.79. The molecule has 0 amide bonds. The van der Waals surface area contributed by atoms with Gasteiger partial charge in [0.25, 0.3) is 0 Å². The molecule has 0 unspecified atom stereocenters. The van der Waals surface area contributed by atoms with Crippen molar-refractivity contribution in [3.8, 4) is 17.6 Å². The molecule has 0 fully saturated rings. The Labute approximate surface area is 155 Å². The van der Waals surface area contributed by atoms with Crippen LogP contribution in [0.4, 0.5) is 0 Å². The molecule has 0 aliphatic carbocycles. The SMILES string of the molecule is C=CCOc1ccc(/C(C#N)=C/c2ccc(OCC=C)c(CC)c2)cc1. The first-order valence-electron chi connectivity index (χ1n) is 8.54. The van der Waals surface area contributed by atoms with Gasteiger partial charge >= 0.3 is 0 Å².